The minimum atomic E-state index is 0.654. The Morgan fingerprint density at radius 3 is 2.12 bits per heavy atom. The molecule has 106 valence electrons. The molecule has 17 heavy (non-hydrogen) atoms. The van der Waals surface area contributed by atoms with Gasteiger partial charge in [-0.05, 0) is 13.3 Å². The van der Waals surface area contributed by atoms with E-state index >= 15 is 0 Å². The largest absolute Gasteiger partial charge is 0.379 e. The highest BCUT2D eigenvalue weighted by Crippen LogP contribution is 1.95. The van der Waals surface area contributed by atoms with E-state index in [-0.39, 0.29) is 0 Å². The van der Waals surface area contributed by atoms with E-state index in [1.54, 1.807) is 0 Å². The van der Waals surface area contributed by atoms with Crippen LogP contribution >= 0.6 is 0 Å². The van der Waals surface area contributed by atoms with E-state index in [9.17, 15) is 0 Å². The molecule has 1 N–H and O–H groups in total. The van der Waals surface area contributed by atoms with Crippen LogP contribution in [0.4, 0.5) is 0 Å². The van der Waals surface area contributed by atoms with Gasteiger partial charge in [-0.15, -0.1) is 0 Å². The lowest BCUT2D eigenvalue weighted by Crippen LogP contribution is -2.41. The predicted octanol–water partition coefficient (Wildman–Crippen LogP) is 2.76. The van der Waals surface area contributed by atoms with E-state index in [1.165, 1.54) is 6.42 Å². The molecule has 3 nitrogen and oxygen atoms in total. The van der Waals surface area contributed by atoms with Gasteiger partial charge in [-0.25, -0.2) is 0 Å². The number of rotatable bonds is 5. The molecule has 0 aromatic rings. The van der Waals surface area contributed by atoms with Gasteiger partial charge in [0.15, 0.2) is 0 Å². The highest BCUT2D eigenvalue weighted by Gasteiger charge is 2.09. The number of nitrogens with zero attached hydrogens (tertiary/aromatic N) is 1. The Hall–Kier alpha value is -0.120. The van der Waals surface area contributed by atoms with Crippen LogP contribution in [0.15, 0.2) is 0 Å². The number of hydrogen-bond donors (Lipinski definition) is 1. The molecule has 0 aliphatic carbocycles. The second-order valence-electron chi connectivity index (χ2n) is 3.72. The van der Waals surface area contributed by atoms with Gasteiger partial charge in [-0.2, -0.15) is 0 Å². The van der Waals surface area contributed by atoms with Crippen molar-refractivity contribution in [2.24, 2.45) is 0 Å². The minimum absolute atomic E-state index is 0.654. The first-order chi connectivity index (χ1) is 8.33. The fraction of sp³-hybridized carbons (Fsp3) is 1.00. The molecule has 1 saturated heterocycles. The molecule has 0 radical (unpaired) electrons. The van der Waals surface area contributed by atoms with Gasteiger partial charge >= 0.3 is 0 Å². The SMILES string of the molecule is CC.CC.CCC(C)NCCN1CCOCC1. The summed E-state index contributed by atoms with van der Waals surface area (Å²) in [5, 5.41) is 3.50. The van der Waals surface area contributed by atoms with E-state index in [1.807, 2.05) is 27.7 Å². The van der Waals surface area contributed by atoms with E-state index in [4.69, 9.17) is 4.74 Å². The standard InChI is InChI=1S/C10H22N2O.2C2H6/c1-3-10(2)11-4-5-12-6-8-13-9-7-12;2*1-2/h10-11H,3-9H2,1-2H3;2*1-2H3. The molecule has 0 bridgehead atoms. The topological polar surface area (TPSA) is 24.5 Å². The molecular weight excluding hydrogens is 212 g/mol. The summed E-state index contributed by atoms with van der Waals surface area (Å²) in [7, 11) is 0. The first-order valence-electron chi connectivity index (χ1n) is 7.36. The fourth-order valence-corrected chi connectivity index (χ4v) is 1.44. The molecule has 0 saturated carbocycles. The molecule has 1 aliphatic rings. The molecule has 0 aromatic heterocycles. The van der Waals surface area contributed by atoms with Crippen molar-refractivity contribution in [3.05, 3.63) is 0 Å². The van der Waals surface area contributed by atoms with Crippen molar-refractivity contribution < 1.29 is 4.74 Å². The molecule has 1 rings (SSSR count). The summed E-state index contributed by atoms with van der Waals surface area (Å²) >= 11 is 0. The lowest BCUT2D eigenvalue weighted by atomic mass is 10.2. The van der Waals surface area contributed by atoms with E-state index in [0.29, 0.717) is 6.04 Å². The smallest absolute Gasteiger partial charge is 0.0594 e. The lowest BCUT2D eigenvalue weighted by Gasteiger charge is -2.27. The number of nitrogens with one attached hydrogen (secondary N) is 1. The zero-order valence-corrected chi connectivity index (χ0v) is 12.9. The van der Waals surface area contributed by atoms with Crippen molar-refractivity contribution in [3.63, 3.8) is 0 Å². The highest BCUT2D eigenvalue weighted by molar-refractivity contribution is 4.65. The van der Waals surface area contributed by atoms with Crippen molar-refractivity contribution in [1.82, 2.24) is 10.2 Å². The summed E-state index contributed by atoms with van der Waals surface area (Å²) in [6.07, 6.45) is 1.21. The van der Waals surface area contributed by atoms with Crippen molar-refractivity contribution in [1.29, 1.82) is 0 Å². The van der Waals surface area contributed by atoms with Gasteiger partial charge in [0.2, 0.25) is 0 Å². The summed E-state index contributed by atoms with van der Waals surface area (Å²) in [6.45, 7) is 18.7. The maximum Gasteiger partial charge on any atom is 0.0594 e. The molecule has 0 spiro atoms. The third-order valence-electron chi connectivity index (χ3n) is 2.64. The summed E-state index contributed by atoms with van der Waals surface area (Å²) in [5.41, 5.74) is 0. The number of ether oxygens (including phenoxy) is 1. The van der Waals surface area contributed by atoms with Crippen molar-refractivity contribution in [2.75, 3.05) is 39.4 Å². The predicted molar refractivity (Wildman–Crippen MR) is 77.7 cm³/mol. The van der Waals surface area contributed by atoms with Crippen LogP contribution in [0, 0.1) is 0 Å². The van der Waals surface area contributed by atoms with E-state index in [0.717, 1.165) is 39.4 Å². The van der Waals surface area contributed by atoms with Crippen LogP contribution in [-0.2, 0) is 4.74 Å². The first kappa shape index (κ1) is 19.2. The zero-order chi connectivity index (χ0) is 13.5. The van der Waals surface area contributed by atoms with Crippen molar-refractivity contribution in [2.45, 2.75) is 54.0 Å². The maximum atomic E-state index is 5.29. The average molecular weight is 246 g/mol. The monoisotopic (exact) mass is 246 g/mol. The summed E-state index contributed by atoms with van der Waals surface area (Å²) in [5.74, 6) is 0. The Kier molecular flexibility index (Phi) is 18.0. The third kappa shape index (κ3) is 12.1. The molecule has 1 heterocycles. The van der Waals surface area contributed by atoms with Gasteiger partial charge < -0.3 is 10.1 Å². The van der Waals surface area contributed by atoms with Gasteiger partial charge in [0.05, 0.1) is 13.2 Å². The molecule has 1 unspecified atom stereocenters. The Morgan fingerprint density at radius 2 is 1.65 bits per heavy atom. The van der Waals surface area contributed by atoms with Gasteiger partial charge in [0, 0.05) is 32.2 Å². The molecular formula is C14H34N2O. The van der Waals surface area contributed by atoms with Gasteiger partial charge in [0.1, 0.15) is 0 Å². The lowest BCUT2D eigenvalue weighted by molar-refractivity contribution is 0.0382. The van der Waals surface area contributed by atoms with Crippen molar-refractivity contribution >= 4 is 0 Å². The second kappa shape index (κ2) is 15.9. The van der Waals surface area contributed by atoms with Gasteiger partial charge in [-0.1, -0.05) is 34.6 Å². The van der Waals surface area contributed by atoms with Gasteiger partial charge in [-0.3, -0.25) is 4.90 Å². The van der Waals surface area contributed by atoms with Crippen LogP contribution in [-0.4, -0.2) is 50.3 Å². The summed E-state index contributed by atoms with van der Waals surface area (Å²) in [4.78, 5) is 2.46. The van der Waals surface area contributed by atoms with Crippen LogP contribution in [0.3, 0.4) is 0 Å². The molecule has 1 fully saturated rings. The highest BCUT2D eigenvalue weighted by atomic mass is 16.5. The quantitative estimate of drug-likeness (QED) is 0.807. The minimum Gasteiger partial charge on any atom is -0.379 e. The summed E-state index contributed by atoms with van der Waals surface area (Å²) < 4.78 is 5.29. The Balaban J connectivity index is 0. The molecule has 1 aliphatic heterocycles. The Morgan fingerprint density at radius 1 is 1.12 bits per heavy atom. The van der Waals surface area contributed by atoms with Crippen LogP contribution in [0.2, 0.25) is 0 Å². The van der Waals surface area contributed by atoms with Crippen LogP contribution < -0.4 is 5.32 Å². The number of morpholine rings is 1. The molecule has 1 atom stereocenters. The first-order valence-corrected chi connectivity index (χ1v) is 7.36. The third-order valence-corrected chi connectivity index (χ3v) is 2.64. The Labute approximate surface area is 109 Å². The van der Waals surface area contributed by atoms with Crippen LogP contribution in [0.5, 0.6) is 0 Å². The molecule has 3 heteroatoms. The second-order valence-corrected chi connectivity index (χ2v) is 3.72. The molecule has 0 amide bonds. The number of hydrogen-bond acceptors (Lipinski definition) is 3. The van der Waals surface area contributed by atoms with Crippen LogP contribution in [0.25, 0.3) is 0 Å². The Bertz CT molecular complexity index is 125. The van der Waals surface area contributed by atoms with Crippen LogP contribution in [0.1, 0.15) is 48.0 Å². The zero-order valence-electron chi connectivity index (χ0n) is 12.9. The fourth-order valence-electron chi connectivity index (χ4n) is 1.44. The average Bonchev–Trinajstić information content (AvgIpc) is 2.44. The van der Waals surface area contributed by atoms with Gasteiger partial charge in [0.25, 0.3) is 0 Å². The van der Waals surface area contributed by atoms with E-state index < -0.39 is 0 Å². The maximum absolute atomic E-state index is 5.29. The van der Waals surface area contributed by atoms with E-state index in [2.05, 4.69) is 24.1 Å². The molecule has 0 aromatic carbocycles. The van der Waals surface area contributed by atoms with Crippen molar-refractivity contribution in [3.8, 4) is 0 Å². The summed E-state index contributed by atoms with van der Waals surface area (Å²) in [6, 6.07) is 0.654. The normalized spacial score (nSPS) is 17.3.